The Bertz CT molecular complexity index is 1220. The summed E-state index contributed by atoms with van der Waals surface area (Å²) in [6.45, 7) is 1.75. The molecule has 0 bridgehead atoms. The molecule has 6 nitrogen and oxygen atoms in total. The van der Waals surface area contributed by atoms with Gasteiger partial charge in [-0.15, -0.1) is 11.3 Å². The minimum absolute atomic E-state index is 0.110. The van der Waals surface area contributed by atoms with Crippen molar-refractivity contribution in [2.75, 3.05) is 7.05 Å². The van der Waals surface area contributed by atoms with Gasteiger partial charge in [-0.3, -0.25) is 9.59 Å². The molecule has 1 fully saturated rings. The molecule has 0 unspecified atom stereocenters. The quantitative estimate of drug-likeness (QED) is 0.735. The van der Waals surface area contributed by atoms with E-state index in [1.54, 1.807) is 13.0 Å². The van der Waals surface area contributed by atoms with Crippen molar-refractivity contribution in [3.8, 4) is 6.07 Å². The van der Waals surface area contributed by atoms with Crippen LogP contribution in [0.1, 0.15) is 56.5 Å². The van der Waals surface area contributed by atoms with Crippen LogP contribution >= 0.6 is 11.3 Å². The number of carbonyl (C=O) groups is 1. The summed E-state index contributed by atoms with van der Waals surface area (Å²) in [7, 11) is 1.50. The maximum atomic E-state index is 14.9. The molecule has 142 valence electrons. The fraction of sp³-hybridized carbons (Fsp3) is 0.300. The number of hydrogen-bond donors (Lipinski definition) is 1. The normalized spacial score (nSPS) is 13.5. The molecule has 0 saturated heterocycles. The Morgan fingerprint density at radius 3 is 2.82 bits per heavy atom. The molecule has 2 aromatic heterocycles. The van der Waals surface area contributed by atoms with Crippen molar-refractivity contribution in [2.24, 2.45) is 0 Å². The first kappa shape index (κ1) is 18.3. The van der Waals surface area contributed by atoms with E-state index in [1.807, 2.05) is 0 Å². The van der Waals surface area contributed by atoms with Crippen LogP contribution < -0.4 is 10.9 Å². The van der Waals surface area contributed by atoms with Gasteiger partial charge in [0.15, 0.2) is 4.96 Å². The van der Waals surface area contributed by atoms with Crippen LogP contribution in [0.15, 0.2) is 23.0 Å². The Kier molecular flexibility index (Phi) is 4.47. The van der Waals surface area contributed by atoms with Gasteiger partial charge in [-0.05, 0) is 48.9 Å². The second-order valence-electron chi connectivity index (χ2n) is 6.89. The van der Waals surface area contributed by atoms with Gasteiger partial charge in [-0.2, -0.15) is 5.26 Å². The van der Waals surface area contributed by atoms with E-state index < -0.39 is 0 Å². The SMILES string of the molecule is CNC(=O)c1c(C)sc2nc(Cc3cc(C#N)cc(C4CC4)c3F)cc(=O)n12. The summed E-state index contributed by atoms with van der Waals surface area (Å²) in [6, 6.07) is 6.52. The lowest BCUT2D eigenvalue weighted by Crippen LogP contribution is -2.25. The number of hydrogen-bond acceptors (Lipinski definition) is 5. The number of thiazole rings is 1. The number of carbonyl (C=O) groups excluding carboxylic acids is 1. The lowest BCUT2D eigenvalue weighted by atomic mass is 9.99. The zero-order chi connectivity index (χ0) is 20.0. The molecule has 3 aromatic rings. The predicted molar refractivity (Wildman–Crippen MR) is 103 cm³/mol. The van der Waals surface area contributed by atoms with Gasteiger partial charge in [0, 0.05) is 24.4 Å². The molecule has 0 radical (unpaired) electrons. The van der Waals surface area contributed by atoms with Crippen LogP contribution in [0.25, 0.3) is 4.96 Å². The summed E-state index contributed by atoms with van der Waals surface area (Å²) in [5.74, 6) is -0.512. The molecule has 1 saturated carbocycles. The lowest BCUT2D eigenvalue weighted by molar-refractivity contribution is 0.0956. The van der Waals surface area contributed by atoms with Gasteiger partial charge < -0.3 is 5.32 Å². The van der Waals surface area contributed by atoms with Crippen molar-refractivity contribution in [3.63, 3.8) is 0 Å². The molecule has 4 rings (SSSR count). The highest BCUT2D eigenvalue weighted by atomic mass is 32.1. The van der Waals surface area contributed by atoms with Gasteiger partial charge >= 0.3 is 0 Å². The van der Waals surface area contributed by atoms with Crippen LogP contribution in [0, 0.1) is 24.1 Å². The van der Waals surface area contributed by atoms with Gasteiger partial charge in [0.2, 0.25) is 0 Å². The first-order chi connectivity index (χ1) is 13.4. The van der Waals surface area contributed by atoms with E-state index in [9.17, 15) is 19.2 Å². The van der Waals surface area contributed by atoms with E-state index in [2.05, 4.69) is 16.4 Å². The van der Waals surface area contributed by atoms with Crippen LogP contribution in [0.4, 0.5) is 4.39 Å². The first-order valence-electron chi connectivity index (χ1n) is 8.89. The third kappa shape index (κ3) is 3.08. The number of nitriles is 1. The number of aromatic nitrogens is 2. The van der Waals surface area contributed by atoms with Crippen molar-refractivity contribution in [1.82, 2.24) is 14.7 Å². The fourth-order valence-electron chi connectivity index (χ4n) is 3.38. The molecule has 8 heteroatoms. The summed E-state index contributed by atoms with van der Waals surface area (Å²) in [5, 5.41) is 11.8. The molecule has 0 atom stereocenters. The average molecular weight is 396 g/mol. The highest BCUT2D eigenvalue weighted by Gasteiger charge is 2.28. The van der Waals surface area contributed by atoms with Crippen LogP contribution in [0.5, 0.6) is 0 Å². The Morgan fingerprint density at radius 1 is 1.43 bits per heavy atom. The topological polar surface area (TPSA) is 87.3 Å². The number of rotatable bonds is 4. The number of benzene rings is 1. The third-order valence-corrected chi connectivity index (χ3v) is 5.83. The highest BCUT2D eigenvalue weighted by molar-refractivity contribution is 7.17. The maximum Gasteiger partial charge on any atom is 0.269 e. The van der Waals surface area contributed by atoms with Crippen molar-refractivity contribution < 1.29 is 9.18 Å². The van der Waals surface area contributed by atoms with Crippen LogP contribution in [-0.2, 0) is 6.42 Å². The summed E-state index contributed by atoms with van der Waals surface area (Å²) in [5.41, 5.74) is 1.62. The van der Waals surface area contributed by atoms with Gasteiger partial charge in [-0.1, -0.05) is 0 Å². The van der Waals surface area contributed by atoms with Crippen LogP contribution in [0.2, 0.25) is 0 Å². The number of aryl methyl sites for hydroxylation is 1. The van der Waals surface area contributed by atoms with Crippen LogP contribution in [0.3, 0.4) is 0 Å². The summed E-state index contributed by atoms with van der Waals surface area (Å²) < 4.78 is 16.2. The second kappa shape index (κ2) is 6.84. The monoisotopic (exact) mass is 396 g/mol. The third-order valence-electron chi connectivity index (χ3n) is 4.88. The zero-order valence-corrected chi connectivity index (χ0v) is 16.2. The predicted octanol–water partition coefficient (Wildman–Crippen LogP) is 2.90. The summed E-state index contributed by atoms with van der Waals surface area (Å²) in [6.07, 6.45) is 1.96. The van der Waals surface area contributed by atoms with E-state index in [1.165, 1.54) is 34.9 Å². The standard InChI is InChI=1S/C20H17FN4O2S/c1-10-18(19(27)23-2)25-16(26)8-14(24-20(25)28-10)7-13-5-11(9-22)6-15(17(13)21)12-3-4-12/h5-6,8,12H,3-4,7H2,1-2H3,(H,23,27). The molecule has 1 aliphatic rings. The molecule has 1 amide bonds. The molecule has 1 aromatic carbocycles. The maximum absolute atomic E-state index is 14.9. The molecular weight excluding hydrogens is 379 g/mol. The fourth-order valence-corrected chi connectivity index (χ4v) is 4.37. The Morgan fingerprint density at radius 2 is 2.18 bits per heavy atom. The summed E-state index contributed by atoms with van der Waals surface area (Å²) in [4.78, 5) is 30.3. The highest BCUT2D eigenvalue weighted by Crippen LogP contribution is 2.42. The Labute approximate surface area is 164 Å². The van der Waals surface area contributed by atoms with E-state index in [0.717, 1.165) is 12.8 Å². The largest absolute Gasteiger partial charge is 0.354 e. The minimum atomic E-state index is -0.387. The molecule has 1 N–H and O–H groups in total. The number of fused-ring (bicyclic) bond motifs is 1. The molecule has 0 aliphatic heterocycles. The van der Waals surface area contributed by atoms with Crippen molar-refractivity contribution in [3.05, 3.63) is 67.3 Å². The zero-order valence-electron chi connectivity index (χ0n) is 15.4. The average Bonchev–Trinajstić information content (AvgIpc) is 3.45. The van der Waals surface area contributed by atoms with E-state index in [4.69, 9.17) is 0 Å². The lowest BCUT2D eigenvalue weighted by Gasteiger charge is -2.09. The van der Waals surface area contributed by atoms with Gasteiger partial charge in [0.25, 0.3) is 11.5 Å². The summed E-state index contributed by atoms with van der Waals surface area (Å²) >= 11 is 1.24. The minimum Gasteiger partial charge on any atom is -0.354 e. The van der Waals surface area contributed by atoms with E-state index in [-0.39, 0.29) is 35.3 Å². The number of halogens is 1. The second-order valence-corrected chi connectivity index (χ2v) is 8.07. The van der Waals surface area contributed by atoms with Crippen molar-refractivity contribution in [2.45, 2.75) is 32.1 Å². The molecule has 28 heavy (non-hydrogen) atoms. The Hall–Kier alpha value is -3.05. The molecule has 2 heterocycles. The van der Waals surface area contributed by atoms with Crippen LogP contribution in [-0.4, -0.2) is 22.3 Å². The van der Waals surface area contributed by atoms with E-state index >= 15 is 0 Å². The Balaban J connectivity index is 1.80. The smallest absolute Gasteiger partial charge is 0.269 e. The van der Waals surface area contributed by atoms with Gasteiger partial charge in [0.05, 0.1) is 17.3 Å². The number of nitrogens with one attached hydrogen (secondary N) is 1. The van der Waals surface area contributed by atoms with Gasteiger partial charge in [-0.25, -0.2) is 13.8 Å². The van der Waals surface area contributed by atoms with E-state index in [0.29, 0.717) is 32.2 Å². The first-order valence-corrected chi connectivity index (χ1v) is 9.71. The molecule has 1 aliphatic carbocycles. The van der Waals surface area contributed by atoms with Gasteiger partial charge in [0.1, 0.15) is 11.5 Å². The number of nitrogens with zero attached hydrogens (tertiary/aromatic N) is 3. The molecule has 0 spiro atoms. The number of amides is 1. The van der Waals surface area contributed by atoms with Crippen molar-refractivity contribution in [1.29, 1.82) is 5.26 Å². The molecular formula is C20H17FN4O2S. The van der Waals surface area contributed by atoms with Crippen molar-refractivity contribution >= 4 is 22.2 Å².